The summed E-state index contributed by atoms with van der Waals surface area (Å²) in [4.78, 5) is 28.7. The number of rotatable bonds is 10. The monoisotopic (exact) mass is 424 g/mol. The number of amides is 1. The van der Waals surface area contributed by atoms with Crippen LogP contribution < -0.4 is 5.32 Å². The number of ether oxygens (including phenoxy) is 1. The maximum absolute atomic E-state index is 13.9. The molecule has 3 aromatic rings. The van der Waals surface area contributed by atoms with Crippen LogP contribution in [0.3, 0.4) is 0 Å². The number of halogens is 1. The van der Waals surface area contributed by atoms with Crippen molar-refractivity contribution in [1.29, 1.82) is 0 Å². The molecule has 1 unspecified atom stereocenters. The molecule has 0 aliphatic rings. The molecule has 0 aliphatic heterocycles. The number of oxazole rings is 1. The van der Waals surface area contributed by atoms with E-state index in [-0.39, 0.29) is 37.9 Å². The summed E-state index contributed by atoms with van der Waals surface area (Å²) in [7, 11) is 0. The van der Waals surface area contributed by atoms with Crippen molar-refractivity contribution in [3.63, 3.8) is 0 Å². The first-order chi connectivity index (χ1) is 15.1. The second-order valence-corrected chi connectivity index (χ2v) is 7.04. The fourth-order valence-electron chi connectivity index (χ4n) is 3.15. The molecule has 0 radical (unpaired) electrons. The van der Waals surface area contributed by atoms with Gasteiger partial charge >= 0.3 is 5.97 Å². The highest BCUT2D eigenvalue weighted by molar-refractivity contribution is 5.78. The average Bonchev–Trinajstić information content (AvgIpc) is 3.25. The van der Waals surface area contributed by atoms with Gasteiger partial charge in [-0.2, -0.15) is 0 Å². The van der Waals surface area contributed by atoms with Gasteiger partial charge in [0.1, 0.15) is 5.82 Å². The molecule has 1 aromatic heterocycles. The standard InChI is InChI=1S/C24H25FN2O4/c1-2-30-24(29)18(14-17-8-4-3-5-9-17)15-26-22(28)12-13-23-27-16-21(31-23)19-10-6-7-11-20(19)25/h3-11,16,18H,2,12-15H2,1H3,(H,26,28). The SMILES string of the molecule is CCOC(=O)C(CNC(=O)CCc1ncc(-c2ccccc2F)o1)Cc1ccccc1. The summed E-state index contributed by atoms with van der Waals surface area (Å²) < 4.78 is 24.6. The Hall–Kier alpha value is -3.48. The van der Waals surface area contributed by atoms with Crippen molar-refractivity contribution in [3.05, 3.63) is 78.1 Å². The Morgan fingerprint density at radius 2 is 1.87 bits per heavy atom. The van der Waals surface area contributed by atoms with Gasteiger partial charge in [-0.3, -0.25) is 9.59 Å². The van der Waals surface area contributed by atoms with Gasteiger partial charge in [-0.15, -0.1) is 0 Å². The van der Waals surface area contributed by atoms with Crippen LogP contribution in [0.15, 0.2) is 65.2 Å². The van der Waals surface area contributed by atoms with Crippen molar-refractivity contribution < 1.29 is 23.1 Å². The molecule has 162 valence electrons. The van der Waals surface area contributed by atoms with E-state index in [1.807, 2.05) is 30.3 Å². The Balaban J connectivity index is 1.52. The second-order valence-electron chi connectivity index (χ2n) is 7.04. The van der Waals surface area contributed by atoms with Gasteiger partial charge in [0.25, 0.3) is 0 Å². The molecule has 7 heteroatoms. The number of aromatic nitrogens is 1. The summed E-state index contributed by atoms with van der Waals surface area (Å²) in [6, 6.07) is 15.9. The quantitative estimate of drug-likeness (QED) is 0.499. The largest absolute Gasteiger partial charge is 0.466 e. The van der Waals surface area contributed by atoms with E-state index in [0.29, 0.717) is 23.6 Å². The fourth-order valence-corrected chi connectivity index (χ4v) is 3.15. The number of nitrogens with zero attached hydrogens (tertiary/aromatic N) is 1. The highest BCUT2D eigenvalue weighted by Gasteiger charge is 2.21. The van der Waals surface area contributed by atoms with Crippen LogP contribution in [0, 0.1) is 11.7 Å². The predicted octanol–water partition coefficient (Wildman–Crippen LogP) is 3.95. The van der Waals surface area contributed by atoms with Gasteiger partial charge in [-0.25, -0.2) is 9.37 Å². The summed E-state index contributed by atoms with van der Waals surface area (Å²) in [5.41, 5.74) is 1.32. The van der Waals surface area contributed by atoms with Crippen molar-refractivity contribution in [2.45, 2.75) is 26.2 Å². The van der Waals surface area contributed by atoms with Gasteiger partial charge in [0.15, 0.2) is 11.7 Å². The Morgan fingerprint density at radius 1 is 1.13 bits per heavy atom. The first-order valence-corrected chi connectivity index (χ1v) is 10.2. The van der Waals surface area contributed by atoms with Gasteiger partial charge in [-0.05, 0) is 31.0 Å². The van der Waals surface area contributed by atoms with Crippen LogP contribution >= 0.6 is 0 Å². The van der Waals surface area contributed by atoms with E-state index in [9.17, 15) is 14.0 Å². The minimum atomic E-state index is -0.472. The van der Waals surface area contributed by atoms with E-state index in [1.54, 1.807) is 25.1 Å². The fraction of sp³-hybridized carbons (Fsp3) is 0.292. The number of nitrogens with one attached hydrogen (secondary N) is 1. The number of hydrogen-bond acceptors (Lipinski definition) is 5. The normalized spacial score (nSPS) is 11.7. The van der Waals surface area contributed by atoms with Crippen LogP contribution in [0.5, 0.6) is 0 Å². The molecule has 2 aromatic carbocycles. The van der Waals surface area contributed by atoms with E-state index < -0.39 is 11.7 Å². The van der Waals surface area contributed by atoms with Crippen LogP contribution in [0.4, 0.5) is 4.39 Å². The Labute approximate surface area is 180 Å². The summed E-state index contributed by atoms with van der Waals surface area (Å²) in [6.45, 7) is 2.22. The number of carbonyl (C=O) groups is 2. The molecule has 0 fully saturated rings. The minimum Gasteiger partial charge on any atom is -0.466 e. The molecule has 6 nitrogen and oxygen atoms in total. The van der Waals surface area contributed by atoms with Gasteiger partial charge < -0.3 is 14.5 Å². The highest BCUT2D eigenvalue weighted by Crippen LogP contribution is 2.23. The number of carbonyl (C=O) groups excluding carboxylic acids is 2. The summed E-state index contributed by atoms with van der Waals surface area (Å²) in [5.74, 6) is -0.771. The number of benzene rings is 2. The van der Waals surface area contributed by atoms with Gasteiger partial charge in [0.2, 0.25) is 5.91 Å². The predicted molar refractivity (Wildman–Crippen MR) is 113 cm³/mol. The molecule has 0 saturated carbocycles. The van der Waals surface area contributed by atoms with Gasteiger partial charge in [0.05, 0.1) is 24.3 Å². The van der Waals surface area contributed by atoms with Crippen LogP contribution in [0.2, 0.25) is 0 Å². The maximum Gasteiger partial charge on any atom is 0.311 e. The Bertz CT molecular complexity index is 1000. The van der Waals surface area contributed by atoms with Crippen LogP contribution in [-0.4, -0.2) is 30.0 Å². The lowest BCUT2D eigenvalue weighted by Crippen LogP contribution is -2.35. The number of hydrogen-bond donors (Lipinski definition) is 1. The van der Waals surface area contributed by atoms with Crippen molar-refractivity contribution in [2.75, 3.05) is 13.2 Å². The third kappa shape index (κ3) is 6.50. The lowest BCUT2D eigenvalue weighted by molar-refractivity contribution is -0.147. The maximum atomic E-state index is 13.9. The van der Waals surface area contributed by atoms with Crippen LogP contribution in [0.25, 0.3) is 11.3 Å². The van der Waals surface area contributed by atoms with Crippen molar-refractivity contribution >= 4 is 11.9 Å². The Morgan fingerprint density at radius 3 is 2.61 bits per heavy atom. The molecular weight excluding hydrogens is 399 g/mol. The molecule has 3 rings (SSSR count). The third-order valence-corrected chi connectivity index (χ3v) is 4.75. The lowest BCUT2D eigenvalue weighted by Gasteiger charge is -2.16. The van der Waals surface area contributed by atoms with Gasteiger partial charge in [0, 0.05) is 19.4 Å². The van der Waals surface area contributed by atoms with E-state index in [4.69, 9.17) is 9.15 Å². The van der Waals surface area contributed by atoms with E-state index >= 15 is 0 Å². The van der Waals surface area contributed by atoms with Crippen molar-refractivity contribution in [2.24, 2.45) is 5.92 Å². The molecule has 0 aliphatic carbocycles. The third-order valence-electron chi connectivity index (χ3n) is 4.75. The van der Waals surface area contributed by atoms with Crippen molar-refractivity contribution in [1.82, 2.24) is 10.3 Å². The highest BCUT2D eigenvalue weighted by atomic mass is 19.1. The molecule has 0 spiro atoms. The first kappa shape index (κ1) is 22.2. The molecule has 1 amide bonds. The van der Waals surface area contributed by atoms with Crippen LogP contribution in [-0.2, 0) is 27.2 Å². The number of esters is 1. The summed E-state index contributed by atoms with van der Waals surface area (Å²) in [5, 5.41) is 2.79. The molecule has 1 N–H and O–H groups in total. The first-order valence-electron chi connectivity index (χ1n) is 10.2. The lowest BCUT2D eigenvalue weighted by atomic mass is 9.99. The minimum absolute atomic E-state index is 0.137. The molecular formula is C24H25FN2O4. The smallest absolute Gasteiger partial charge is 0.311 e. The zero-order valence-electron chi connectivity index (χ0n) is 17.3. The van der Waals surface area contributed by atoms with Crippen LogP contribution in [0.1, 0.15) is 24.8 Å². The molecule has 31 heavy (non-hydrogen) atoms. The molecule has 1 atom stereocenters. The average molecular weight is 424 g/mol. The molecule has 0 bridgehead atoms. The molecule has 1 heterocycles. The van der Waals surface area contributed by atoms with Crippen molar-refractivity contribution in [3.8, 4) is 11.3 Å². The Kier molecular flexibility index (Phi) is 7.92. The molecule has 0 saturated heterocycles. The summed E-state index contributed by atoms with van der Waals surface area (Å²) in [6.07, 6.45) is 2.33. The summed E-state index contributed by atoms with van der Waals surface area (Å²) >= 11 is 0. The zero-order chi connectivity index (χ0) is 22.1. The number of aryl methyl sites for hydroxylation is 1. The second kappa shape index (κ2) is 11.1. The van der Waals surface area contributed by atoms with E-state index in [1.165, 1.54) is 12.3 Å². The van der Waals surface area contributed by atoms with Gasteiger partial charge in [-0.1, -0.05) is 42.5 Å². The topological polar surface area (TPSA) is 81.4 Å². The zero-order valence-corrected chi connectivity index (χ0v) is 17.3. The van der Waals surface area contributed by atoms with E-state index in [0.717, 1.165) is 5.56 Å². The van der Waals surface area contributed by atoms with E-state index in [2.05, 4.69) is 10.3 Å².